The highest BCUT2D eigenvalue weighted by atomic mass is 16.2. The predicted molar refractivity (Wildman–Crippen MR) is 118 cm³/mol. The zero-order chi connectivity index (χ0) is 21.3. The van der Waals surface area contributed by atoms with Gasteiger partial charge in [-0.3, -0.25) is 14.2 Å². The Hall–Kier alpha value is -2.37. The van der Waals surface area contributed by atoms with Crippen molar-refractivity contribution in [2.45, 2.75) is 71.4 Å². The van der Waals surface area contributed by atoms with E-state index in [2.05, 4.69) is 24.1 Å². The lowest BCUT2D eigenvalue weighted by atomic mass is 9.77. The Morgan fingerprint density at radius 3 is 2.57 bits per heavy atom. The number of amides is 1. The van der Waals surface area contributed by atoms with E-state index in [4.69, 9.17) is 0 Å². The summed E-state index contributed by atoms with van der Waals surface area (Å²) in [5.41, 5.74) is 0.00369. The first-order valence-electron chi connectivity index (χ1n) is 11.5. The third-order valence-electron chi connectivity index (χ3n) is 7.58. The first-order valence-corrected chi connectivity index (χ1v) is 11.5. The maximum Gasteiger partial charge on any atom is 0.328 e. The van der Waals surface area contributed by atoms with Crippen molar-refractivity contribution in [1.29, 1.82) is 0 Å². The molecule has 0 saturated heterocycles. The van der Waals surface area contributed by atoms with Gasteiger partial charge in [-0.1, -0.05) is 38.8 Å². The molecule has 1 amide bonds. The van der Waals surface area contributed by atoms with E-state index < -0.39 is 0 Å². The molecule has 2 fully saturated rings. The normalized spacial score (nSPS) is 29.6. The number of nitrogens with zero attached hydrogens (tertiary/aromatic N) is 1. The molecular weight excluding hydrogens is 378 g/mol. The second-order valence-electron chi connectivity index (χ2n) is 9.49. The van der Waals surface area contributed by atoms with Gasteiger partial charge in [-0.05, 0) is 62.0 Å². The van der Waals surface area contributed by atoms with Crippen LogP contribution in [-0.4, -0.2) is 21.5 Å². The van der Waals surface area contributed by atoms with Crippen LogP contribution in [0.1, 0.15) is 58.8 Å². The monoisotopic (exact) mass is 411 g/mol. The van der Waals surface area contributed by atoms with Crippen molar-refractivity contribution in [3.63, 3.8) is 0 Å². The lowest BCUT2D eigenvalue weighted by Crippen LogP contribution is -2.46. The zero-order valence-electron chi connectivity index (χ0n) is 18.0. The fourth-order valence-corrected chi connectivity index (χ4v) is 5.32. The number of aromatic nitrogens is 2. The number of rotatable bonds is 4. The molecular formula is C24H33N3O3. The Bertz CT molecular complexity index is 1020. The smallest absolute Gasteiger partial charge is 0.328 e. The Kier molecular flexibility index (Phi) is 6.11. The van der Waals surface area contributed by atoms with Crippen LogP contribution in [0.15, 0.2) is 33.9 Å². The predicted octanol–water partition coefficient (Wildman–Crippen LogP) is 3.44. The number of aromatic amines is 1. The molecule has 1 aromatic heterocycles. The standard InChI is InChI=1S/C24H33N3O3/c1-15-6-5-9-20(16(15)2)25-22(28)18-12-10-17(11-13-18)14-27-23(29)19-7-3-4-8-21(19)26-24(27)30/h3-4,7-8,15-18,20H,5-6,9-14H2,1-2H3,(H,25,28)(H,26,30)/t15-,16-,17?,18?,20+/m1/s1. The molecule has 2 N–H and O–H groups in total. The molecule has 2 saturated carbocycles. The van der Waals surface area contributed by atoms with E-state index in [0.717, 1.165) is 32.1 Å². The zero-order valence-corrected chi connectivity index (χ0v) is 18.0. The van der Waals surface area contributed by atoms with Crippen LogP contribution in [0, 0.1) is 23.7 Å². The van der Waals surface area contributed by atoms with E-state index in [-0.39, 0.29) is 29.0 Å². The van der Waals surface area contributed by atoms with Crippen molar-refractivity contribution in [2.24, 2.45) is 23.7 Å². The van der Waals surface area contributed by atoms with Crippen molar-refractivity contribution in [3.05, 3.63) is 45.1 Å². The van der Waals surface area contributed by atoms with E-state index in [1.165, 1.54) is 17.4 Å². The van der Waals surface area contributed by atoms with Crippen LogP contribution >= 0.6 is 0 Å². The first kappa shape index (κ1) is 20.9. The molecule has 4 rings (SSSR count). The molecule has 1 heterocycles. The topological polar surface area (TPSA) is 84.0 Å². The lowest BCUT2D eigenvalue weighted by molar-refractivity contribution is -0.127. The lowest BCUT2D eigenvalue weighted by Gasteiger charge is -2.36. The van der Waals surface area contributed by atoms with E-state index >= 15 is 0 Å². The second kappa shape index (κ2) is 8.78. The number of carbonyl (C=O) groups excluding carboxylic acids is 1. The number of fused-ring (bicyclic) bond motifs is 1. The summed E-state index contributed by atoms with van der Waals surface area (Å²) in [6, 6.07) is 7.42. The third kappa shape index (κ3) is 4.23. The van der Waals surface area contributed by atoms with Crippen LogP contribution in [0.25, 0.3) is 10.9 Å². The van der Waals surface area contributed by atoms with Gasteiger partial charge in [-0.2, -0.15) is 0 Å². The summed E-state index contributed by atoms with van der Waals surface area (Å²) in [5, 5.41) is 3.87. The minimum absolute atomic E-state index is 0.0530. The molecule has 0 aliphatic heterocycles. The fourth-order valence-electron chi connectivity index (χ4n) is 5.32. The van der Waals surface area contributed by atoms with Crippen molar-refractivity contribution in [3.8, 4) is 0 Å². The van der Waals surface area contributed by atoms with Crippen LogP contribution in [0.4, 0.5) is 0 Å². The van der Waals surface area contributed by atoms with Crippen molar-refractivity contribution in [2.75, 3.05) is 0 Å². The second-order valence-corrected chi connectivity index (χ2v) is 9.49. The number of hydrogen-bond acceptors (Lipinski definition) is 3. The van der Waals surface area contributed by atoms with Crippen LogP contribution < -0.4 is 16.6 Å². The van der Waals surface area contributed by atoms with Gasteiger partial charge in [0.05, 0.1) is 10.9 Å². The Morgan fingerprint density at radius 2 is 1.80 bits per heavy atom. The summed E-state index contributed by atoms with van der Waals surface area (Å²) in [6.07, 6.45) is 6.92. The quantitative estimate of drug-likeness (QED) is 0.808. The molecule has 6 nitrogen and oxygen atoms in total. The maximum atomic E-state index is 12.8. The van der Waals surface area contributed by atoms with Gasteiger partial charge in [0.25, 0.3) is 5.56 Å². The highest BCUT2D eigenvalue weighted by molar-refractivity contribution is 5.79. The third-order valence-corrected chi connectivity index (χ3v) is 7.58. The van der Waals surface area contributed by atoms with Crippen LogP contribution in [0.2, 0.25) is 0 Å². The van der Waals surface area contributed by atoms with Crippen LogP contribution in [0.5, 0.6) is 0 Å². The Balaban J connectivity index is 1.36. The summed E-state index contributed by atoms with van der Waals surface area (Å²) in [6.45, 7) is 4.96. The van der Waals surface area contributed by atoms with Crippen molar-refractivity contribution < 1.29 is 4.79 Å². The number of para-hydroxylation sites is 1. The molecule has 162 valence electrons. The van der Waals surface area contributed by atoms with E-state index in [0.29, 0.717) is 35.3 Å². The molecule has 2 aliphatic rings. The SMILES string of the molecule is C[C@@H]1[C@H](C)CCC[C@@H]1NC(=O)C1CCC(Cn2c(=O)[nH]c3ccccc3c2=O)CC1. The molecule has 0 spiro atoms. The summed E-state index contributed by atoms with van der Waals surface area (Å²) >= 11 is 0. The molecule has 2 aliphatic carbocycles. The summed E-state index contributed by atoms with van der Waals surface area (Å²) in [7, 11) is 0. The maximum absolute atomic E-state index is 12.8. The van der Waals surface area contributed by atoms with Gasteiger partial charge in [0, 0.05) is 18.5 Å². The van der Waals surface area contributed by atoms with Crippen LogP contribution in [-0.2, 0) is 11.3 Å². The average molecular weight is 412 g/mol. The van der Waals surface area contributed by atoms with Gasteiger partial charge in [0.2, 0.25) is 5.91 Å². The molecule has 2 aromatic rings. The molecule has 3 atom stereocenters. The average Bonchev–Trinajstić information content (AvgIpc) is 2.75. The fraction of sp³-hybridized carbons (Fsp3) is 0.625. The molecule has 1 aromatic carbocycles. The van der Waals surface area contributed by atoms with Gasteiger partial charge in [-0.25, -0.2) is 4.79 Å². The number of benzene rings is 1. The summed E-state index contributed by atoms with van der Waals surface area (Å²) in [4.78, 5) is 40.8. The van der Waals surface area contributed by atoms with Crippen LogP contribution in [0.3, 0.4) is 0 Å². The van der Waals surface area contributed by atoms with Gasteiger partial charge in [0.15, 0.2) is 0 Å². The number of H-pyrrole nitrogens is 1. The molecule has 0 radical (unpaired) electrons. The van der Waals surface area contributed by atoms with Gasteiger partial charge < -0.3 is 10.3 Å². The van der Waals surface area contributed by atoms with E-state index in [9.17, 15) is 14.4 Å². The van der Waals surface area contributed by atoms with Crippen molar-refractivity contribution >= 4 is 16.8 Å². The Morgan fingerprint density at radius 1 is 1.07 bits per heavy atom. The molecule has 30 heavy (non-hydrogen) atoms. The van der Waals surface area contributed by atoms with Gasteiger partial charge >= 0.3 is 5.69 Å². The largest absolute Gasteiger partial charge is 0.353 e. The molecule has 0 unspecified atom stereocenters. The highest BCUT2D eigenvalue weighted by Crippen LogP contribution is 2.32. The van der Waals surface area contributed by atoms with Crippen molar-refractivity contribution in [1.82, 2.24) is 14.9 Å². The van der Waals surface area contributed by atoms with E-state index in [1.54, 1.807) is 12.1 Å². The minimum atomic E-state index is -0.348. The summed E-state index contributed by atoms with van der Waals surface area (Å²) in [5.74, 6) is 1.70. The highest BCUT2D eigenvalue weighted by Gasteiger charge is 2.32. The summed E-state index contributed by atoms with van der Waals surface area (Å²) < 4.78 is 1.33. The molecule has 6 heteroatoms. The number of hydrogen-bond donors (Lipinski definition) is 2. The van der Waals surface area contributed by atoms with E-state index in [1.807, 2.05) is 12.1 Å². The minimum Gasteiger partial charge on any atom is -0.353 e. The Labute approximate surface area is 177 Å². The molecule has 0 bridgehead atoms. The first-order chi connectivity index (χ1) is 14.4. The number of carbonyl (C=O) groups is 1. The van der Waals surface area contributed by atoms with Gasteiger partial charge in [0.1, 0.15) is 0 Å². The number of nitrogens with one attached hydrogen (secondary N) is 2. The van der Waals surface area contributed by atoms with Gasteiger partial charge in [-0.15, -0.1) is 0 Å².